The first-order valence-corrected chi connectivity index (χ1v) is 10.2. The summed E-state index contributed by atoms with van der Waals surface area (Å²) >= 11 is 2.55. The van der Waals surface area contributed by atoms with E-state index in [0.717, 1.165) is 5.56 Å². The fraction of sp³-hybridized carbons (Fsp3) is 0.105. The normalized spacial score (nSPS) is 10.4. The SMILES string of the molecule is CNC(=O)CSc1nc(-c2ccccc2)c(NC(=O)c2ccc([N+](=O)[O-])cc2)s1. The van der Waals surface area contributed by atoms with Gasteiger partial charge in [-0.3, -0.25) is 19.7 Å². The van der Waals surface area contributed by atoms with Crippen LogP contribution in [0.1, 0.15) is 10.4 Å². The summed E-state index contributed by atoms with van der Waals surface area (Å²) in [5.41, 5.74) is 1.64. The van der Waals surface area contributed by atoms with E-state index in [2.05, 4.69) is 15.6 Å². The number of hydrogen-bond acceptors (Lipinski definition) is 7. The van der Waals surface area contributed by atoms with Crippen LogP contribution < -0.4 is 10.6 Å². The van der Waals surface area contributed by atoms with Crippen LogP contribution in [-0.2, 0) is 4.79 Å². The number of amides is 2. The molecule has 0 atom stereocenters. The maximum Gasteiger partial charge on any atom is 0.269 e. The van der Waals surface area contributed by atoms with Crippen molar-refractivity contribution < 1.29 is 14.5 Å². The fourth-order valence-corrected chi connectivity index (χ4v) is 4.28. The van der Waals surface area contributed by atoms with Crippen molar-refractivity contribution in [3.05, 3.63) is 70.3 Å². The Hall–Kier alpha value is -3.24. The van der Waals surface area contributed by atoms with E-state index in [1.165, 1.54) is 47.4 Å². The first-order valence-electron chi connectivity index (χ1n) is 8.43. The van der Waals surface area contributed by atoms with Gasteiger partial charge >= 0.3 is 0 Å². The van der Waals surface area contributed by atoms with Crippen molar-refractivity contribution in [3.63, 3.8) is 0 Å². The van der Waals surface area contributed by atoms with Gasteiger partial charge in [-0.2, -0.15) is 0 Å². The average Bonchev–Trinajstić information content (AvgIpc) is 3.15. The van der Waals surface area contributed by atoms with Crippen molar-refractivity contribution in [1.29, 1.82) is 0 Å². The summed E-state index contributed by atoms with van der Waals surface area (Å²) in [5, 5.41) is 16.7. The number of nitro groups is 1. The van der Waals surface area contributed by atoms with E-state index < -0.39 is 10.8 Å². The molecule has 29 heavy (non-hydrogen) atoms. The van der Waals surface area contributed by atoms with Crippen molar-refractivity contribution in [2.45, 2.75) is 4.34 Å². The van der Waals surface area contributed by atoms with Crippen LogP contribution in [0.5, 0.6) is 0 Å². The van der Waals surface area contributed by atoms with Crippen molar-refractivity contribution in [3.8, 4) is 11.3 Å². The lowest BCUT2D eigenvalue weighted by Crippen LogP contribution is -2.19. The Kier molecular flexibility index (Phi) is 6.57. The Morgan fingerprint density at radius 2 is 1.83 bits per heavy atom. The molecule has 2 N–H and O–H groups in total. The molecule has 3 aromatic rings. The topological polar surface area (TPSA) is 114 Å². The second-order valence-electron chi connectivity index (χ2n) is 5.74. The summed E-state index contributed by atoms with van der Waals surface area (Å²) in [6, 6.07) is 14.7. The van der Waals surface area contributed by atoms with Crippen LogP contribution in [0.15, 0.2) is 58.9 Å². The standard InChI is InChI=1S/C19H16N4O4S2/c1-20-15(24)11-28-19-21-16(12-5-3-2-4-6-12)18(29-19)22-17(25)13-7-9-14(10-8-13)23(26)27/h2-10H,11H2,1H3,(H,20,24)(H,22,25). The first kappa shape index (κ1) is 20.5. The van der Waals surface area contributed by atoms with Gasteiger partial charge in [-0.05, 0) is 12.1 Å². The summed E-state index contributed by atoms with van der Waals surface area (Å²) in [5.74, 6) is -0.306. The molecule has 3 rings (SSSR count). The number of non-ortho nitro benzene ring substituents is 1. The lowest BCUT2D eigenvalue weighted by Gasteiger charge is -2.05. The molecule has 0 aliphatic carbocycles. The van der Waals surface area contributed by atoms with Crippen LogP contribution in [-0.4, -0.2) is 34.5 Å². The van der Waals surface area contributed by atoms with Gasteiger partial charge in [-0.25, -0.2) is 4.98 Å². The van der Waals surface area contributed by atoms with Gasteiger partial charge in [-0.15, -0.1) is 0 Å². The number of hydrogen-bond donors (Lipinski definition) is 2. The predicted molar refractivity (Wildman–Crippen MR) is 113 cm³/mol. The largest absolute Gasteiger partial charge is 0.358 e. The smallest absolute Gasteiger partial charge is 0.269 e. The quantitative estimate of drug-likeness (QED) is 0.336. The van der Waals surface area contributed by atoms with E-state index in [0.29, 0.717) is 20.6 Å². The highest BCUT2D eigenvalue weighted by Gasteiger charge is 2.18. The number of benzene rings is 2. The Morgan fingerprint density at radius 3 is 2.45 bits per heavy atom. The molecular formula is C19H16N4O4S2. The second-order valence-corrected chi connectivity index (χ2v) is 7.97. The number of anilines is 1. The molecule has 0 radical (unpaired) electrons. The third kappa shape index (κ3) is 5.18. The number of carbonyl (C=O) groups excluding carboxylic acids is 2. The highest BCUT2D eigenvalue weighted by molar-refractivity contribution is 8.01. The minimum atomic E-state index is -0.520. The third-order valence-corrected chi connectivity index (χ3v) is 5.94. The van der Waals surface area contributed by atoms with Crippen molar-refractivity contribution in [1.82, 2.24) is 10.3 Å². The summed E-state index contributed by atoms with van der Waals surface area (Å²) in [6.45, 7) is 0. The summed E-state index contributed by atoms with van der Waals surface area (Å²) in [4.78, 5) is 39.0. The molecule has 10 heteroatoms. The minimum Gasteiger partial charge on any atom is -0.358 e. The van der Waals surface area contributed by atoms with Crippen molar-refractivity contribution >= 4 is 45.6 Å². The highest BCUT2D eigenvalue weighted by Crippen LogP contribution is 2.37. The number of rotatable bonds is 7. The highest BCUT2D eigenvalue weighted by atomic mass is 32.2. The molecule has 1 aromatic heterocycles. The van der Waals surface area contributed by atoms with E-state index in [1.807, 2.05) is 30.3 Å². The van der Waals surface area contributed by atoms with Gasteiger partial charge in [0.05, 0.1) is 10.7 Å². The van der Waals surface area contributed by atoms with Crippen LogP contribution in [0.25, 0.3) is 11.3 Å². The molecular weight excluding hydrogens is 412 g/mol. The number of nitrogens with one attached hydrogen (secondary N) is 2. The molecule has 8 nitrogen and oxygen atoms in total. The van der Waals surface area contributed by atoms with E-state index in [-0.39, 0.29) is 17.3 Å². The van der Waals surface area contributed by atoms with Gasteiger partial charge in [-0.1, -0.05) is 53.4 Å². The minimum absolute atomic E-state index is 0.0859. The van der Waals surface area contributed by atoms with Crippen molar-refractivity contribution in [2.24, 2.45) is 0 Å². The van der Waals surface area contributed by atoms with E-state index in [4.69, 9.17) is 0 Å². The number of nitrogens with zero attached hydrogens (tertiary/aromatic N) is 2. The van der Waals surface area contributed by atoms with Crippen LogP contribution in [0.3, 0.4) is 0 Å². The molecule has 0 fully saturated rings. The number of carbonyl (C=O) groups is 2. The maximum absolute atomic E-state index is 12.6. The van der Waals surface area contributed by atoms with Crippen LogP contribution in [0.4, 0.5) is 10.7 Å². The summed E-state index contributed by atoms with van der Waals surface area (Å²) in [6.07, 6.45) is 0. The van der Waals surface area contributed by atoms with E-state index >= 15 is 0 Å². The zero-order valence-corrected chi connectivity index (χ0v) is 16.9. The average molecular weight is 428 g/mol. The van der Waals surface area contributed by atoms with Gasteiger partial charge in [0.1, 0.15) is 10.7 Å². The summed E-state index contributed by atoms with van der Waals surface area (Å²) in [7, 11) is 1.57. The Morgan fingerprint density at radius 1 is 1.14 bits per heavy atom. The number of aromatic nitrogens is 1. The molecule has 0 unspecified atom stereocenters. The molecule has 0 bridgehead atoms. The van der Waals surface area contributed by atoms with Gasteiger partial charge in [0, 0.05) is 30.3 Å². The Labute approximate surface area is 174 Å². The van der Waals surface area contributed by atoms with Crippen molar-refractivity contribution in [2.75, 3.05) is 18.1 Å². The lowest BCUT2D eigenvalue weighted by molar-refractivity contribution is -0.384. The monoisotopic (exact) mass is 428 g/mol. The molecule has 0 aliphatic heterocycles. The molecule has 148 valence electrons. The van der Waals surface area contributed by atoms with Gasteiger partial charge in [0.25, 0.3) is 11.6 Å². The summed E-state index contributed by atoms with van der Waals surface area (Å²) < 4.78 is 0.645. The zero-order chi connectivity index (χ0) is 20.8. The molecule has 2 amide bonds. The van der Waals surface area contributed by atoms with Crippen LogP contribution >= 0.6 is 23.1 Å². The van der Waals surface area contributed by atoms with E-state index in [1.54, 1.807) is 7.05 Å². The van der Waals surface area contributed by atoms with Gasteiger partial charge < -0.3 is 10.6 Å². The van der Waals surface area contributed by atoms with Crippen LogP contribution in [0.2, 0.25) is 0 Å². The number of thiazole rings is 1. The predicted octanol–water partition coefficient (Wildman–Crippen LogP) is 3.81. The number of thioether (sulfide) groups is 1. The lowest BCUT2D eigenvalue weighted by atomic mass is 10.1. The Balaban J connectivity index is 1.86. The Bertz CT molecular complexity index is 1040. The van der Waals surface area contributed by atoms with E-state index in [9.17, 15) is 19.7 Å². The fourth-order valence-electron chi connectivity index (χ4n) is 2.35. The van der Waals surface area contributed by atoms with Gasteiger partial charge in [0.15, 0.2) is 4.34 Å². The molecule has 0 spiro atoms. The molecule has 0 saturated heterocycles. The molecule has 0 aliphatic rings. The number of nitro benzene ring substituents is 1. The van der Waals surface area contributed by atoms with Crippen LogP contribution in [0, 0.1) is 10.1 Å². The first-order chi connectivity index (χ1) is 14.0. The molecule has 2 aromatic carbocycles. The molecule has 1 heterocycles. The zero-order valence-electron chi connectivity index (χ0n) is 15.2. The second kappa shape index (κ2) is 9.30. The maximum atomic E-state index is 12.6. The van der Waals surface area contributed by atoms with Gasteiger partial charge in [0.2, 0.25) is 5.91 Å². The molecule has 0 saturated carbocycles. The third-order valence-electron chi connectivity index (χ3n) is 3.83.